The van der Waals surface area contributed by atoms with Gasteiger partial charge in [0.15, 0.2) is 0 Å². The van der Waals surface area contributed by atoms with E-state index < -0.39 is 44.2 Å². The van der Waals surface area contributed by atoms with Crippen molar-refractivity contribution in [2.75, 3.05) is 11.6 Å². The molecule has 34 heavy (non-hydrogen) atoms. The maximum atomic E-state index is 14.8. The van der Waals surface area contributed by atoms with Crippen molar-refractivity contribution in [1.29, 1.82) is 4.78 Å². The number of pyridine rings is 1. The normalized spacial score (nSPS) is 28.1. The molecule has 0 spiro atoms. The number of carbonyl (C=O) groups excluding carboxylic acids is 1. The number of hydrogen-bond acceptors (Lipinski definition) is 5. The van der Waals surface area contributed by atoms with Gasteiger partial charge >= 0.3 is 6.18 Å². The molecule has 5 rings (SSSR count). The van der Waals surface area contributed by atoms with E-state index in [1.165, 1.54) is 18.3 Å². The van der Waals surface area contributed by atoms with E-state index in [2.05, 4.69) is 15.4 Å². The minimum atomic E-state index is -4.79. The van der Waals surface area contributed by atoms with Gasteiger partial charge in [-0.1, -0.05) is 0 Å². The standard InChI is InChI=1S/C22H25F4N5O2S/c1-34(27,33)15-10-14(4-9-28-15)29-19(32)18-16(22(24,25)26)17(13-2-3-13)30-31(18)12-20-5-7-21(23,11-20)8-6-20/h4,9-10,13,27H,2-3,5-8,11-12H2,1H3,(H,28,29,32)/t20?,21?,34-/m0/s1. The van der Waals surface area contributed by atoms with Crippen LogP contribution in [0.15, 0.2) is 23.4 Å². The SMILES string of the molecule is C[S@](=N)(=O)c1cc(NC(=O)c2c(C(F)(F)F)c(C3CC3)nn2CC23CCC(F)(CC2)C3)ccn1. The summed E-state index contributed by atoms with van der Waals surface area (Å²) in [6.45, 7) is 0.0499. The van der Waals surface area contributed by atoms with Crippen LogP contribution in [0.2, 0.25) is 0 Å². The Morgan fingerprint density at radius 3 is 2.50 bits per heavy atom. The van der Waals surface area contributed by atoms with Gasteiger partial charge in [0.1, 0.15) is 22.0 Å². The highest BCUT2D eigenvalue weighted by atomic mass is 32.2. The van der Waals surface area contributed by atoms with Crippen molar-refractivity contribution >= 4 is 21.3 Å². The number of anilines is 1. The number of rotatable bonds is 6. The summed E-state index contributed by atoms with van der Waals surface area (Å²) in [5.41, 5.74) is -3.47. The molecular weight excluding hydrogens is 474 g/mol. The van der Waals surface area contributed by atoms with Crippen molar-refractivity contribution in [2.24, 2.45) is 5.41 Å². The van der Waals surface area contributed by atoms with Crippen LogP contribution in [0.1, 0.15) is 72.6 Å². The molecule has 1 amide bonds. The summed E-state index contributed by atoms with van der Waals surface area (Å²) < 4.78 is 78.3. The molecule has 0 saturated heterocycles. The van der Waals surface area contributed by atoms with Gasteiger partial charge in [0.05, 0.1) is 15.4 Å². The van der Waals surface area contributed by atoms with Crippen LogP contribution in [-0.2, 0) is 22.5 Å². The summed E-state index contributed by atoms with van der Waals surface area (Å²) in [4.78, 5) is 17.1. The number of aromatic nitrogens is 3. The lowest BCUT2D eigenvalue weighted by Gasteiger charge is -2.26. The Labute approximate surface area is 194 Å². The quantitative estimate of drug-likeness (QED) is 0.538. The third kappa shape index (κ3) is 4.20. The van der Waals surface area contributed by atoms with Crippen LogP contribution in [0.5, 0.6) is 0 Å². The van der Waals surface area contributed by atoms with Crippen LogP contribution >= 0.6 is 0 Å². The molecule has 0 radical (unpaired) electrons. The molecule has 184 valence electrons. The highest BCUT2D eigenvalue weighted by Crippen LogP contribution is 2.59. The second-order valence-corrected chi connectivity index (χ2v) is 12.2. The molecule has 2 aromatic rings. The first-order valence-electron chi connectivity index (χ1n) is 11.2. The molecule has 2 heterocycles. The topological polar surface area (TPSA) is 101 Å². The van der Waals surface area contributed by atoms with Gasteiger partial charge < -0.3 is 5.32 Å². The molecule has 3 saturated carbocycles. The molecule has 2 aromatic heterocycles. The van der Waals surface area contributed by atoms with E-state index in [4.69, 9.17) is 4.78 Å². The highest BCUT2D eigenvalue weighted by Gasteiger charge is 2.56. The Hall–Kier alpha value is -2.50. The molecule has 3 aliphatic carbocycles. The molecule has 2 bridgehead atoms. The first-order valence-corrected chi connectivity index (χ1v) is 13.1. The second kappa shape index (κ2) is 7.50. The third-order valence-electron chi connectivity index (χ3n) is 7.22. The molecule has 7 nitrogen and oxygen atoms in total. The number of halogens is 4. The van der Waals surface area contributed by atoms with E-state index in [-0.39, 0.29) is 35.3 Å². The van der Waals surface area contributed by atoms with Crippen LogP contribution in [0, 0.1) is 10.2 Å². The number of alkyl halides is 4. The zero-order valence-electron chi connectivity index (χ0n) is 18.5. The summed E-state index contributed by atoms with van der Waals surface area (Å²) in [5.74, 6) is -1.36. The molecular formula is C22H25F4N5O2S. The predicted octanol–water partition coefficient (Wildman–Crippen LogP) is 5.13. The van der Waals surface area contributed by atoms with Crippen LogP contribution in [0.3, 0.4) is 0 Å². The van der Waals surface area contributed by atoms with Gasteiger partial charge in [-0.3, -0.25) is 9.48 Å². The van der Waals surface area contributed by atoms with Gasteiger partial charge in [-0.2, -0.15) is 18.3 Å². The highest BCUT2D eigenvalue weighted by molar-refractivity contribution is 7.91. The Morgan fingerprint density at radius 2 is 1.97 bits per heavy atom. The number of amides is 1. The first kappa shape index (κ1) is 23.3. The number of hydrogen-bond donors (Lipinski definition) is 2. The Bertz CT molecular complexity index is 1260. The molecule has 0 unspecified atom stereocenters. The van der Waals surface area contributed by atoms with Gasteiger partial charge in [0.25, 0.3) is 5.91 Å². The minimum absolute atomic E-state index is 0.0499. The van der Waals surface area contributed by atoms with Gasteiger partial charge in [-0.25, -0.2) is 18.4 Å². The van der Waals surface area contributed by atoms with Gasteiger partial charge in [-0.05, 0) is 62.5 Å². The van der Waals surface area contributed by atoms with Crippen LogP contribution in [0.25, 0.3) is 0 Å². The van der Waals surface area contributed by atoms with E-state index in [9.17, 15) is 26.6 Å². The largest absolute Gasteiger partial charge is 0.420 e. The monoisotopic (exact) mass is 499 g/mol. The fraction of sp³-hybridized carbons (Fsp3) is 0.591. The van der Waals surface area contributed by atoms with Gasteiger partial charge in [0.2, 0.25) is 0 Å². The van der Waals surface area contributed by atoms with Crippen LogP contribution in [0.4, 0.5) is 23.2 Å². The lowest BCUT2D eigenvalue weighted by Crippen LogP contribution is -2.28. The molecule has 0 aromatic carbocycles. The lowest BCUT2D eigenvalue weighted by atomic mass is 9.84. The summed E-state index contributed by atoms with van der Waals surface area (Å²) in [7, 11) is -3.19. The van der Waals surface area contributed by atoms with Gasteiger partial charge in [0, 0.05) is 30.6 Å². The Kier molecular flexibility index (Phi) is 5.13. The summed E-state index contributed by atoms with van der Waals surface area (Å²) in [5, 5.41) is 6.63. The Balaban J connectivity index is 1.55. The van der Waals surface area contributed by atoms with E-state index in [0.717, 1.165) is 10.9 Å². The zero-order valence-corrected chi connectivity index (χ0v) is 19.4. The molecule has 3 aliphatic rings. The summed E-state index contributed by atoms with van der Waals surface area (Å²) >= 11 is 0. The summed E-state index contributed by atoms with van der Waals surface area (Å²) in [6.07, 6.45) is 0.857. The van der Waals surface area contributed by atoms with E-state index in [1.54, 1.807) is 0 Å². The fourth-order valence-corrected chi connectivity index (χ4v) is 6.04. The molecule has 1 atom stereocenters. The van der Waals surface area contributed by atoms with Crippen molar-refractivity contribution < 1.29 is 26.6 Å². The molecule has 0 aliphatic heterocycles. The molecule has 3 fully saturated rings. The van der Waals surface area contributed by atoms with Crippen LogP contribution in [-0.4, -0.2) is 36.8 Å². The van der Waals surface area contributed by atoms with Crippen LogP contribution < -0.4 is 5.32 Å². The fourth-order valence-electron chi connectivity index (χ4n) is 5.42. The molecule has 2 N–H and O–H groups in total. The smallest absolute Gasteiger partial charge is 0.320 e. The van der Waals surface area contributed by atoms with Crippen molar-refractivity contribution in [3.63, 3.8) is 0 Å². The van der Waals surface area contributed by atoms with Gasteiger partial charge in [-0.15, -0.1) is 0 Å². The third-order valence-corrected chi connectivity index (χ3v) is 8.24. The zero-order chi connectivity index (χ0) is 24.5. The maximum Gasteiger partial charge on any atom is 0.420 e. The number of fused-ring (bicyclic) bond motifs is 2. The first-order chi connectivity index (χ1) is 15.8. The van der Waals surface area contributed by atoms with E-state index in [1.807, 2.05) is 0 Å². The maximum absolute atomic E-state index is 14.8. The van der Waals surface area contributed by atoms with E-state index >= 15 is 0 Å². The van der Waals surface area contributed by atoms with Crippen molar-refractivity contribution in [1.82, 2.24) is 14.8 Å². The van der Waals surface area contributed by atoms with Crippen molar-refractivity contribution in [2.45, 2.75) is 74.3 Å². The van der Waals surface area contributed by atoms with E-state index in [0.29, 0.717) is 38.5 Å². The lowest BCUT2D eigenvalue weighted by molar-refractivity contribution is -0.138. The number of carbonyl (C=O) groups is 1. The summed E-state index contributed by atoms with van der Waals surface area (Å²) in [6, 6.07) is 2.57. The minimum Gasteiger partial charge on any atom is -0.320 e. The number of nitrogens with one attached hydrogen (secondary N) is 2. The average molecular weight is 500 g/mol. The second-order valence-electron chi connectivity index (χ2n) is 10.0. The van der Waals surface area contributed by atoms with Crippen molar-refractivity contribution in [3.05, 3.63) is 35.3 Å². The number of nitrogens with zero attached hydrogens (tertiary/aromatic N) is 3. The Morgan fingerprint density at radius 1 is 1.29 bits per heavy atom. The van der Waals surface area contributed by atoms with Crippen molar-refractivity contribution in [3.8, 4) is 0 Å². The predicted molar refractivity (Wildman–Crippen MR) is 116 cm³/mol. The average Bonchev–Trinajstić information content (AvgIpc) is 3.32. The molecule has 12 heteroatoms.